The third kappa shape index (κ3) is 4.21. The van der Waals surface area contributed by atoms with E-state index in [-0.39, 0.29) is 10.3 Å². The minimum absolute atomic E-state index is 0.0948. The van der Waals surface area contributed by atoms with Gasteiger partial charge in [-0.2, -0.15) is 0 Å². The van der Waals surface area contributed by atoms with Gasteiger partial charge in [0.05, 0.1) is 4.90 Å². The molecule has 5 heteroatoms. The predicted octanol–water partition coefficient (Wildman–Crippen LogP) is 2.54. The van der Waals surface area contributed by atoms with Gasteiger partial charge in [-0.25, -0.2) is 13.1 Å². The summed E-state index contributed by atoms with van der Waals surface area (Å²) in [7, 11) is -3.50. The van der Waals surface area contributed by atoms with Crippen molar-refractivity contribution < 1.29 is 8.42 Å². The number of sulfonamides is 1. The first kappa shape index (κ1) is 16.0. The van der Waals surface area contributed by atoms with E-state index in [9.17, 15) is 8.42 Å². The van der Waals surface area contributed by atoms with Crippen LogP contribution in [-0.2, 0) is 10.0 Å². The van der Waals surface area contributed by atoms with Crippen LogP contribution in [-0.4, -0.2) is 15.0 Å². The van der Waals surface area contributed by atoms with Crippen molar-refractivity contribution >= 4 is 15.7 Å². The van der Waals surface area contributed by atoms with Gasteiger partial charge in [-0.15, -0.1) is 0 Å². The van der Waals surface area contributed by atoms with Crippen LogP contribution in [0.1, 0.15) is 33.3 Å². The van der Waals surface area contributed by atoms with Gasteiger partial charge < -0.3 is 5.73 Å². The largest absolute Gasteiger partial charge is 0.399 e. The minimum Gasteiger partial charge on any atom is -0.399 e. The van der Waals surface area contributed by atoms with Crippen LogP contribution in [0.4, 0.5) is 5.69 Å². The molecular weight excluding hydrogens is 260 g/mol. The summed E-state index contributed by atoms with van der Waals surface area (Å²) >= 11 is 0. The molecule has 0 fully saturated rings. The number of anilines is 1. The molecule has 19 heavy (non-hydrogen) atoms. The maximum absolute atomic E-state index is 12.2. The Morgan fingerprint density at radius 1 is 1.26 bits per heavy atom. The maximum atomic E-state index is 12.2. The molecule has 0 radical (unpaired) electrons. The van der Waals surface area contributed by atoms with Gasteiger partial charge >= 0.3 is 0 Å². The standard InChI is InChI=1S/C14H24N2O2S/c1-10(2)14(4,5)9-16-19(17,18)13-7-11(3)6-12(15)8-13/h6-8,10,16H,9,15H2,1-5H3. The number of rotatable bonds is 5. The third-order valence-electron chi connectivity index (χ3n) is 3.66. The molecule has 0 atom stereocenters. The normalized spacial score (nSPS) is 12.9. The van der Waals surface area contributed by atoms with E-state index < -0.39 is 10.0 Å². The first-order chi connectivity index (χ1) is 8.54. The number of nitrogens with one attached hydrogen (secondary N) is 1. The van der Waals surface area contributed by atoms with E-state index in [0.717, 1.165) is 5.56 Å². The van der Waals surface area contributed by atoms with Gasteiger partial charge in [0.2, 0.25) is 10.0 Å². The smallest absolute Gasteiger partial charge is 0.240 e. The molecule has 0 saturated carbocycles. The van der Waals surface area contributed by atoms with Gasteiger partial charge in [-0.1, -0.05) is 27.7 Å². The molecule has 0 spiro atoms. The Morgan fingerprint density at radius 2 is 1.84 bits per heavy atom. The second kappa shape index (κ2) is 5.51. The van der Waals surface area contributed by atoms with Crippen molar-refractivity contribution in [2.75, 3.05) is 12.3 Å². The van der Waals surface area contributed by atoms with Crippen LogP contribution in [0.15, 0.2) is 23.1 Å². The maximum Gasteiger partial charge on any atom is 0.240 e. The highest BCUT2D eigenvalue weighted by Gasteiger charge is 2.25. The molecule has 0 aliphatic heterocycles. The Hall–Kier alpha value is -1.07. The van der Waals surface area contributed by atoms with Crippen LogP contribution in [0.5, 0.6) is 0 Å². The molecule has 0 unspecified atom stereocenters. The van der Waals surface area contributed by atoms with Crippen LogP contribution in [0.25, 0.3) is 0 Å². The summed E-state index contributed by atoms with van der Waals surface area (Å²) in [4.78, 5) is 0.226. The van der Waals surface area contributed by atoms with Gasteiger partial charge in [0, 0.05) is 12.2 Å². The average Bonchev–Trinajstić information content (AvgIpc) is 2.25. The Balaban J connectivity index is 2.93. The van der Waals surface area contributed by atoms with E-state index in [1.807, 2.05) is 20.8 Å². The van der Waals surface area contributed by atoms with E-state index in [0.29, 0.717) is 18.2 Å². The monoisotopic (exact) mass is 284 g/mol. The van der Waals surface area contributed by atoms with Crippen molar-refractivity contribution in [3.8, 4) is 0 Å². The Kier molecular flexibility index (Phi) is 4.63. The minimum atomic E-state index is -3.50. The summed E-state index contributed by atoms with van der Waals surface area (Å²) in [5, 5.41) is 0. The number of benzene rings is 1. The molecule has 0 bridgehead atoms. The lowest BCUT2D eigenvalue weighted by atomic mass is 9.81. The quantitative estimate of drug-likeness (QED) is 0.816. The topological polar surface area (TPSA) is 72.2 Å². The lowest BCUT2D eigenvalue weighted by Crippen LogP contribution is -2.37. The molecule has 0 amide bonds. The molecule has 0 aliphatic carbocycles. The Bertz CT molecular complexity index is 528. The van der Waals surface area contributed by atoms with Crippen LogP contribution in [0, 0.1) is 18.3 Å². The highest BCUT2D eigenvalue weighted by molar-refractivity contribution is 7.89. The first-order valence-corrected chi connectivity index (χ1v) is 7.90. The lowest BCUT2D eigenvalue weighted by Gasteiger charge is -2.29. The van der Waals surface area contributed by atoms with Crippen LogP contribution in [0.3, 0.4) is 0 Å². The van der Waals surface area contributed by atoms with Gasteiger partial charge in [0.15, 0.2) is 0 Å². The third-order valence-corrected chi connectivity index (χ3v) is 5.04. The fourth-order valence-electron chi connectivity index (χ4n) is 1.50. The summed E-state index contributed by atoms with van der Waals surface area (Å²) in [6, 6.07) is 4.86. The molecule has 4 nitrogen and oxygen atoms in total. The fraction of sp³-hybridized carbons (Fsp3) is 0.571. The molecule has 1 aromatic carbocycles. The molecule has 1 aromatic rings. The molecule has 0 aromatic heterocycles. The zero-order valence-electron chi connectivity index (χ0n) is 12.3. The van der Waals surface area contributed by atoms with Crippen molar-refractivity contribution in [3.63, 3.8) is 0 Å². The summed E-state index contributed by atoms with van der Waals surface area (Å²) < 4.78 is 27.1. The number of hydrogen-bond acceptors (Lipinski definition) is 3. The summed E-state index contributed by atoms with van der Waals surface area (Å²) in [6.07, 6.45) is 0. The zero-order valence-corrected chi connectivity index (χ0v) is 13.1. The van der Waals surface area contributed by atoms with E-state index in [2.05, 4.69) is 18.6 Å². The van der Waals surface area contributed by atoms with Gasteiger partial charge in [0.25, 0.3) is 0 Å². The average molecular weight is 284 g/mol. The van der Waals surface area contributed by atoms with Crippen molar-refractivity contribution in [3.05, 3.63) is 23.8 Å². The molecule has 108 valence electrons. The van der Waals surface area contributed by atoms with Crippen LogP contribution < -0.4 is 10.5 Å². The van der Waals surface area contributed by atoms with Crippen LogP contribution >= 0.6 is 0 Å². The Labute approximate surface area is 116 Å². The van der Waals surface area contributed by atoms with E-state index >= 15 is 0 Å². The first-order valence-electron chi connectivity index (χ1n) is 6.41. The second-order valence-electron chi connectivity index (χ2n) is 6.05. The molecule has 3 N–H and O–H groups in total. The molecule has 0 aliphatic rings. The van der Waals surface area contributed by atoms with Crippen molar-refractivity contribution in [2.45, 2.75) is 39.5 Å². The summed E-state index contributed by atoms with van der Waals surface area (Å²) in [5.74, 6) is 0.387. The fourth-order valence-corrected chi connectivity index (χ4v) is 2.86. The highest BCUT2D eigenvalue weighted by Crippen LogP contribution is 2.25. The number of nitrogen functional groups attached to an aromatic ring is 1. The van der Waals surface area contributed by atoms with Gasteiger partial charge in [-0.05, 0) is 42.0 Å². The van der Waals surface area contributed by atoms with Gasteiger partial charge in [-0.3, -0.25) is 0 Å². The number of hydrogen-bond donors (Lipinski definition) is 2. The summed E-state index contributed by atoms with van der Waals surface area (Å²) in [5.41, 5.74) is 6.90. The Morgan fingerprint density at radius 3 is 2.32 bits per heavy atom. The highest BCUT2D eigenvalue weighted by atomic mass is 32.2. The van der Waals surface area contributed by atoms with Crippen molar-refractivity contribution in [1.82, 2.24) is 4.72 Å². The van der Waals surface area contributed by atoms with Crippen molar-refractivity contribution in [1.29, 1.82) is 0 Å². The van der Waals surface area contributed by atoms with Crippen molar-refractivity contribution in [2.24, 2.45) is 11.3 Å². The van der Waals surface area contributed by atoms with Crippen LogP contribution in [0.2, 0.25) is 0 Å². The summed E-state index contributed by atoms with van der Waals surface area (Å²) in [6.45, 7) is 10.5. The molecule has 0 saturated heterocycles. The molecule has 1 rings (SSSR count). The molecule has 0 heterocycles. The second-order valence-corrected chi connectivity index (χ2v) is 7.81. The number of aryl methyl sites for hydroxylation is 1. The SMILES string of the molecule is Cc1cc(N)cc(S(=O)(=O)NCC(C)(C)C(C)C)c1. The molecular formula is C14H24N2O2S. The van der Waals surface area contributed by atoms with E-state index in [4.69, 9.17) is 5.73 Å². The van der Waals surface area contributed by atoms with E-state index in [1.54, 1.807) is 12.1 Å². The number of nitrogens with two attached hydrogens (primary N) is 1. The lowest BCUT2D eigenvalue weighted by molar-refractivity contribution is 0.252. The van der Waals surface area contributed by atoms with Gasteiger partial charge in [0.1, 0.15) is 0 Å². The predicted molar refractivity (Wildman–Crippen MR) is 79.4 cm³/mol. The zero-order chi connectivity index (χ0) is 14.8. The van der Waals surface area contributed by atoms with E-state index in [1.165, 1.54) is 6.07 Å².